The average molecular weight is 286 g/mol. The zero-order valence-electron chi connectivity index (χ0n) is 12.3. The van der Waals surface area contributed by atoms with Crippen LogP contribution in [0.2, 0.25) is 0 Å². The summed E-state index contributed by atoms with van der Waals surface area (Å²) in [6.45, 7) is 2.16. The molecule has 0 amide bonds. The van der Waals surface area contributed by atoms with E-state index in [2.05, 4.69) is 24.0 Å². The molecule has 4 heteroatoms. The molecule has 0 radical (unpaired) electrons. The summed E-state index contributed by atoms with van der Waals surface area (Å²) in [6, 6.07) is 11.6. The quantitative estimate of drug-likeness (QED) is 0.851. The van der Waals surface area contributed by atoms with Crippen molar-refractivity contribution in [2.24, 2.45) is 0 Å². The van der Waals surface area contributed by atoms with Crippen LogP contribution >= 0.6 is 0 Å². The maximum absolute atomic E-state index is 13.8. The maximum atomic E-state index is 13.8. The van der Waals surface area contributed by atoms with Gasteiger partial charge in [-0.05, 0) is 31.4 Å². The summed E-state index contributed by atoms with van der Waals surface area (Å²) in [6.07, 6.45) is 2.09. The molecule has 0 fully saturated rings. The van der Waals surface area contributed by atoms with Crippen molar-refractivity contribution in [2.75, 3.05) is 17.7 Å². The van der Waals surface area contributed by atoms with E-state index in [1.54, 1.807) is 6.07 Å². The number of halogens is 1. The van der Waals surface area contributed by atoms with Gasteiger partial charge in [0.2, 0.25) is 0 Å². The highest BCUT2D eigenvalue weighted by atomic mass is 19.1. The van der Waals surface area contributed by atoms with E-state index in [9.17, 15) is 4.39 Å². The van der Waals surface area contributed by atoms with E-state index < -0.39 is 5.82 Å². The predicted octanol–water partition coefficient (Wildman–Crippen LogP) is 3.89. The van der Waals surface area contributed by atoms with Crippen LogP contribution in [0.5, 0.6) is 5.75 Å². The average Bonchev–Trinajstić information content (AvgIpc) is 2.48. The summed E-state index contributed by atoms with van der Waals surface area (Å²) in [5, 5.41) is 0. The Labute approximate surface area is 124 Å². The molecule has 1 aliphatic rings. The number of anilines is 3. The van der Waals surface area contributed by atoms with Gasteiger partial charge in [-0.1, -0.05) is 18.2 Å². The minimum absolute atomic E-state index is 0.217. The SMILES string of the molecule is COc1cc(N2c3ccccc3CCC2C)c(N)cc1F. The molecule has 1 unspecified atom stereocenters. The normalized spacial score (nSPS) is 17.5. The van der Waals surface area contributed by atoms with Gasteiger partial charge in [-0.2, -0.15) is 0 Å². The molecular formula is C17H19FN2O. The molecule has 0 spiro atoms. The van der Waals surface area contributed by atoms with Crippen molar-refractivity contribution in [1.82, 2.24) is 0 Å². The van der Waals surface area contributed by atoms with E-state index in [-0.39, 0.29) is 5.75 Å². The van der Waals surface area contributed by atoms with Gasteiger partial charge in [-0.15, -0.1) is 0 Å². The van der Waals surface area contributed by atoms with Crippen LogP contribution in [0.15, 0.2) is 36.4 Å². The lowest BCUT2D eigenvalue weighted by Crippen LogP contribution is -2.33. The molecule has 2 aromatic carbocycles. The smallest absolute Gasteiger partial charge is 0.167 e. The summed E-state index contributed by atoms with van der Waals surface area (Å²) >= 11 is 0. The third-order valence-electron chi connectivity index (χ3n) is 4.08. The van der Waals surface area contributed by atoms with E-state index in [4.69, 9.17) is 10.5 Å². The lowest BCUT2D eigenvalue weighted by molar-refractivity contribution is 0.386. The summed E-state index contributed by atoms with van der Waals surface area (Å²) in [4.78, 5) is 2.18. The molecule has 2 aromatic rings. The van der Waals surface area contributed by atoms with Crippen molar-refractivity contribution in [3.63, 3.8) is 0 Å². The first kappa shape index (κ1) is 13.7. The van der Waals surface area contributed by atoms with Crippen molar-refractivity contribution in [3.8, 4) is 5.75 Å². The van der Waals surface area contributed by atoms with Crippen LogP contribution in [0.4, 0.5) is 21.5 Å². The fourth-order valence-corrected chi connectivity index (χ4v) is 2.98. The molecule has 21 heavy (non-hydrogen) atoms. The Bertz CT molecular complexity index is 672. The number of ether oxygens (including phenoxy) is 1. The molecule has 1 heterocycles. The Morgan fingerprint density at radius 3 is 2.76 bits per heavy atom. The summed E-state index contributed by atoms with van der Waals surface area (Å²) in [5.41, 5.74) is 9.71. The van der Waals surface area contributed by atoms with Gasteiger partial charge >= 0.3 is 0 Å². The number of nitrogens with two attached hydrogens (primary N) is 1. The molecule has 0 saturated heterocycles. The second kappa shape index (κ2) is 5.28. The minimum atomic E-state index is -0.434. The van der Waals surface area contributed by atoms with E-state index in [0.717, 1.165) is 24.2 Å². The van der Waals surface area contributed by atoms with Gasteiger partial charge in [0, 0.05) is 23.9 Å². The zero-order chi connectivity index (χ0) is 15.0. The lowest BCUT2D eigenvalue weighted by Gasteiger charge is -2.37. The van der Waals surface area contributed by atoms with Gasteiger partial charge in [-0.25, -0.2) is 4.39 Å². The number of methoxy groups -OCH3 is 1. The molecule has 2 N–H and O–H groups in total. The molecule has 0 bridgehead atoms. The van der Waals surface area contributed by atoms with E-state index >= 15 is 0 Å². The molecule has 0 aliphatic carbocycles. The Morgan fingerprint density at radius 1 is 1.24 bits per heavy atom. The number of para-hydroxylation sites is 1. The standard InChI is InChI=1S/C17H19FN2O/c1-11-7-8-12-5-3-4-6-15(12)20(11)16-10-17(21-2)13(18)9-14(16)19/h3-6,9-11H,7-8,19H2,1-2H3. The zero-order valence-corrected chi connectivity index (χ0v) is 12.3. The van der Waals surface area contributed by atoms with Gasteiger partial charge in [0.1, 0.15) is 0 Å². The highest BCUT2D eigenvalue weighted by molar-refractivity contribution is 5.79. The van der Waals surface area contributed by atoms with Crippen LogP contribution in [0.3, 0.4) is 0 Å². The molecule has 110 valence electrons. The van der Waals surface area contributed by atoms with Gasteiger partial charge in [0.05, 0.1) is 18.5 Å². The van der Waals surface area contributed by atoms with Crippen molar-refractivity contribution in [2.45, 2.75) is 25.8 Å². The molecule has 0 saturated carbocycles. The Hall–Kier alpha value is -2.23. The number of nitrogen functional groups attached to an aromatic ring is 1. The number of hydrogen-bond acceptors (Lipinski definition) is 3. The van der Waals surface area contributed by atoms with Gasteiger partial charge in [0.25, 0.3) is 0 Å². The molecule has 1 atom stereocenters. The second-order valence-corrected chi connectivity index (χ2v) is 5.43. The molecule has 3 rings (SSSR count). The first-order chi connectivity index (χ1) is 10.1. The van der Waals surface area contributed by atoms with Crippen LogP contribution in [0.1, 0.15) is 18.9 Å². The Kier molecular flexibility index (Phi) is 3.45. The number of rotatable bonds is 2. The largest absolute Gasteiger partial charge is 0.494 e. The van der Waals surface area contributed by atoms with E-state index in [0.29, 0.717) is 11.7 Å². The number of nitrogens with zero attached hydrogens (tertiary/aromatic N) is 1. The second-order valence-electron chi connectivity index (χ2n) is 5.43. The van der Waals surface area contributed by atoms with Gasteiger partial charge < -0.3 is 15.4 Å². The first-order valence-electron chi connectivity index (χ1n) is 7.12. The van der Waals surface area contributed by atoms with Crippen LogP contribution in [-0.4, -0.2) is 13.2 Å². The summed E-state index contributed by atoms with van der Waals surface area (Å²) in [7, 11) is 1.46. The molecular weight excluding hydrogens is 267 g/mol. The van der Waals surface area contributed by atoms with Crippen molar-refractivity contribution < 1.29 is 9.13 Å². The van der Waals surface area contributed by atoms with E-state index in [1.165, 1.54) is 18.7 Å². The number of hydrogen-bond donors (Lipinski definition) is 1. The van der Waals surface area contributed by atoms with Crippen LogP contribution in [0, 0.1) is 5.82 Å². The maximum Gasteiger partial charge on any atom is 0.167 e. The van der Waals surface area contributed by atoms with Gasteiger partial charge in [-0.3, -0.25) is 0 Å². The minimum Gasteiger partial charge on any atom is -0.494 e. The Balaban J connectivity index is 2.15. The third-order valence-corrected chi connectivity index (χ3v) is 4.08. The summed E-state index contributed by atoms with van der Waals surface area (Å²) in [5.74, 6) is -0.217. The lowest BCUT2D eigenvalue weighted by atomic mass is 9.95. The van der Waals surface area contributed by atoms with E-state index in [1.807, 2.05) is 12.1 Å². The number of fused-ring (bicyclic) bond motifs is 1. The summed E-state index contributed by atoms with van der Waals surface area (Å²) < 4.78 is 18.9. The Morgan fingerprint density at radius 2 is 2.00 bits per heavy atom. The number of aryl methyl sites for hydroxylation is 1. The monoisotopic (exact) mass is 286 g/mol. The molecule has 3 nitrogen and oxygen atoms in total. The van der Waals surface area contributed by atoms with Crippen LogP contribution < -0.4 is 15.4 Å². The van der Waals surface area contributed by atoms with Crippen molar-refractivity contribution in [1.29, 1.82) is 0 Å². The van der Waals surface area contributed by atoms with Crippen LogP contribution in [0.25, 0.3) is 0 Å². The molecule has 0 aromatic heterocycles. The fourth-order valence-electron chi connectivity index (χ4n) is 2.98. The fraction of sp³-hybridized carbons (Fsp3) is 0.294. The highest BCUT2D eigenvalue weighted by Crippen LogP contribution is 2.41. The topological polar surface area (TPSA) is 38.5 Å². The first-order valence-corrected chi connectivity index (χ1v) is 7.12. The van der Waals surface area contributed by atoms with Crippen molar-refractivity contribution in [3.05, 3.63) is 47.8 Å². The van der Waals surface area contributed by atoms with Gasteiger partial charge in [0.15, 0.2) is 11.6 Å². The third kappa shape index (κ3) is 2.31. The predicted molar refractivity (Wildman–Crippen MR) is 83.7 cm³/mol. The van der Waals surface area contributed by atoms with Crippen LogP contribution in [-0.2, 0) is 6.42 Å². The van der Waals surface area contributed by atoms with Crippen molar-refractivity contribution >= 4 is 17.1 Å². The molecule has 1 aliphatic heterocycles. The number of benzene rings is 2. The highest BCUT2D eigenvalue weighted by Gasteiger charge is 2.26.